The fraction of sp³-hybridized carbons (Fsp3) is 0.438. The van der Waals surface area contributed by atoms with E-state index in [4.69, 9.17) is 4.42 Å². The van der Waals surface area contributed by atoms with Crippen molar-refractivity contribution in [2.24, 2.45) is 0 Å². The van der Waals surface area contributed by atoms with Crippen molar-refractivity contribution in [1.82, 2.24) is 10.3 Å². The molecule has 2 rings (SSSR count). The van der Waals surface area contributed by atoms with Gasteiger partial charge in [0.05, 0.1) is 5.69 Å². The summed E-state index contributed by atoms with van der Waals surface area (Å²) in [6.45, 7) is 6.31. The first-order chi connectivity index (χ1) is 9.63. The van der Waals surface area contributed by atoms with Crippen LogP contribution in [0.3, 0.4) is 0 Å². The second kappa shape index (κ2) is 6.95. The van der Waals surface area contributed by atoms with E-state index in [0.717, 1.165) is 17.3 Å². The Morgan fingerprint density at radius 2 is 2.00 bits per heavy atom. The largest absolute Gasteiger partial charge is 0.440 e. The van der Waals surface area contributed by atoms with Crippen molar-refractivity contribution in [1.29, 1.82) is 0 Å². The van der Waals surface area contributed by atoms with Gasteiger partial charge in [0, 0.05) is 11.3 Å². The SMILES string of the molecule is CCc1ccc(C(NC)C(C)Sc2nc(C)co2)cc1. The van der Waals surface area contributed by atoms with Crippen molar-refractivity contribution in [3.05, 3.63) is 47.3 Å². The van der Waals surface area contributed by atoms with Crippen LogP contribution in [-0.2, 0) is 6.42 Å². The summed E-state index contributed by atoms with van der Waals surface area (Å²) in [7, 11) is 2.00. The molecule has 0 amide bonds. The number of hydrogen-bond acceptors (Lipinski definition) is 4. The minimum absolute atomic E-state index is 0.276. The molecule has 0 saturated carbocycles. The van der Waals surface area contributed by atoms with E-state index in [0.29, 0.717) is 5.25 Å². The second-order valence-electron chi connectivity index (χ2n) is 4.94. The van der Waals surface area contributed by atoms with Gasteiger partial charge >= 0.3 is 0 Å². The highest BCUT2D eigenvalue weighted by atomic mass is 32.2. The van der Waals surface area contributed by atoms with Crippen LogP contribution in [0.2, 0.25) is 0 Å². The number of hydrogen-bond donors (Lipinski definition) is 1. The van der Waals surface area contributed by atoms with Gasteiger partial charge in [-0.05, 0) is 31.5 Å². The normalized spacial score (nSPS) is 14.2. The van der Waals surface area contributed by atoms with Crippen molar-refractivity contribution in [2.45, 2.75) is 43.7 Å². The lowest BCUT2D eigenvalue weighted by Crippen LogP contribution is -2.25. The molecule has 108 valence electrons. The molecule has 20 heavy (non-hydrogen) atoms. The van der Waals surface area contributed by atoms with Crippen molar-refractivity contribution in [3.8, 4) is 0 Å². The summed E-state index contributed by atoms with van der Waals surface area (Å²) in [6, 6.07) is 9.09. The molecule has 0 aliphatic heterocycles. The average Bonchev–Trinajstić information content (AvgIpc) is 2.85. The molecule has 0 saturated heterocycles. The molecule has 1 aromatic heterocycles. The third kappa shape index (κ3) is 3.64. The van der Waals surface area contributed by atoms with Crippen LogP contribution in [0.4, 0.5) is 0 Å². The van der Waals surface area contributed by atoms with Gasteiger partial charge in [-0.1, -0.05) is 49.9 Å². The highest BCUT2D eigenvalue weighted by Gasteiger charge is 2.20. The molecule has 0 aliphatic carbocycles. The number of oxazole rings is 1. The van der Waals surface area contributed by atoms with Crippen molar-refractivity contribution >= 4 is 11.8 Å². The molecule has 1 aromatic carbocycles. The summed E-state index contributed by atoms with van der Waals surface area (Å²) in [6.07, 6.45) is 2.77. The van der Waals surface area contributed by atoms with E-state index in [1.165, 1.54) is 11.1 Å². The van der Waals surface area contributed by atoms with Crippen molar-refractivity contribution in [2.75, 3.05) is 7.05 Å². The van der Waals surface area contributed by atoms with E-state index in [2.05, 4.69) is 48.4 Å². The minimum Gasteiger partial charge on any atom is -0.440 e. The van der Waals surface area contributed by atoms with Crippen LogP contribution in [0, 0.1) is 6.92 Å². The molecule has 4 heteroatoms. The van der Waals surface area contributed by atoms with E-state index in [1.54, 1.807) is 18.0 Å². The number of nitrogens with zero attached hydrogens (tertiary/aromatic N) is 1. The Morgan fingerprint density at radius 1 is 1.30 bits per heavy atom. The molecule has 2 unspecified atom stereocenters. The van der Waals surface area contributed by atoms with Gasteiger partial charge in [-0.15, -0.1) is 0 Å². The van der Waals surface area contributed by atoms with E-state index in [1.807, 2.05) is 14.0 Å². The maximum atomic E-state index is 5.43. The topological polar surface area (TPSA) is 38.1 Å². The number of aryl methyl sites for hydroxylation is 2. The molecule has 0 spiro atoms. The molecule has 0 bridgehead atoms. The summed E-state index contributed by atoms with van der Waals surface area (Å²) in [5.41, 5.74) is 3.59. The molecule has 0 fully saturated rings. The van der Waals surface area contributed by atoms with Crippen LogP contribution < -0.4 is 5.32 Å². The van der Waals surface area contributed by atoms with Crippen molar-refractivity contribution < 1.29 is 4.42 Å². The number of benzene rings is 1. The fourth-order valence-corrected chi connectivity index (χ4v) is 3.29. The third-order valence-corrected chi connectivity index (χ3v) is 4.45. The molecule has 1 heterocycles. The lowest BCUT2D eigenvalue weighted by atomic mass is 10.0. The summed E-state index contributed by atoms with van der Waals surface area (Å²) >= 11 is 1.66. The van der Waals surface area contributed by atoms with Crippen LogP contribution in [0.15, 0.2) is 40.2 Å². The van der Waals surface area contributed by atoms with Crippen molar-refractivity contribution in [3.63, 3.8) is 0 Å². The smallest absolute Gasteiger partial charge is 0.256 e. The van der Waals surface area contributed by atoms with Gasteiger partial charge < -0.3 is 9.73 Å². The first-order valence-electron chi connectivity index (χ1n) is 6.99. The van der Waals surface area contributed by atoms with Crippen LogP contribution in [0.25, 0.3) is 0 Å². The summed E-state index contributed by atoms with van der Waals surface area (Å²) in [4.78, 5) is 4.36. The highest BCUT2D eigenvalue weighted by Crippen LogP contribution is 2.31. The second-order valence-corrected chi connectivity index (χ2v) is 6.27. The van der Waals surface area contributed by atoms with E-state index in [9.17, 15) is 0 Å². The van der Waals surface area contributed by atoms with E-state index >= 15 is 0 Å². The zero-order chi connectivity index (χ0) is 14.5. The highest BCUT2D eigenvalue weighted by molar-refractivity contribution is 7.99. The maximum absolute atomic E-state index is 5.43. The number of aromatic nitrogens is 1. The van der Waals surface area contributed by atoms with Crippen LogP contribution in [0.1, 0.15) is 36.7 Å². The van der Waals surface area contributed by atoms with Gasteiger partial charge in [-0.25, -0.2) is 4.98 Å². The number of rotatable bonds is 6. The predicted octanol–water partition coefficient (Wildman–Crippen LogP) is 3.99. The van der Waals surface area contributed by atoms with Gasteiger partial charge in [-0.3, -0.25) is 0 Å². The average molecular weight is 290 g/mol. The van der Waals surface area contributed by atoms with Crippen LogP contribution in [-0.4, -0.2) is 17.3 Å². The van der Waals surface area contributed by atoms with Gasteiger partial charge in [0.15, 0.2) is 0 Å². The van der Waals surface area contributed by atoms with Gasteiger partial charge in [-0.2, -0.15) is 0 Å². The first kappa shape index (κ1) is 15.1. The Balaban J connectivity index is 2.09. The molecular weight excluding hydrogens is 268 g/mol. The summed E-state index contributed by atoms with van der Waals surface area (Å²) in [5.74, 6) is 0. The standard InChI is InChI=1S/C16H22N2OS/c1-5-13-6-8-14(9-7-13)15(17-4)12(3)20-16-18-11(2)10-19-16/h6-10,12,15,17H,5H2,1-4H3. The number of thioether (sulfide) groups is 1. The predicted molar refractivity (Wildman–Crippen MR) is 84.2 cm³/mol. The molecule has 1 N–H and O–H groups in total. The summed E-state index contributed by atoms with van der Waals surface area (Å²) < 4.78 is 5.43. The van der Waals surface area contributed by atoms with Gasteiger partial charge in [0.25, 0.3) is 5.22 Å². The van der Waals surface area contributed by atoms with Crippen LogP contribution in [0.5, 0.6) is 0 Å². The Labute approximate surface area is 125 Å². The molecular formula is C16H22N2OS. The molecule has 2 atom stereocenters. The monoisotopic (exact) mass is 290 g/mol. The zero-order valence-corrected chi connectivity index (χ0v) is 13.3. The Bertz CT molecular complexity index is 536. The van der Waals surface area contributed by atoms with Crippen LogP contribution >= 0.6 is 11.8 Å². The van der Waals surface area contributed by atoms with Gasteiger partial charge in [0.1, 0.15) is 6.26 Å². The fourth-order valence-electron chi connectivity index (χ4n) is 2.25. The summed E-state index contributed by atoms with van der Waals surface area (Å²) in [5, 5.41) is 4.47. The lowest BCUT2D eigenvalue weighted by Gasteiger charge is -2.22. The Kier molecular flexibility index (Phi) is 5.26. The quantitative estimate of drug-likeness (QED) is 0.816. The number of nitrogens with one attached hydrogen (secondary N) is 1. The molecule has 2 aromatic rings. The molecule has 3 nitrogen and oxygen atoms in total. The zero-order valence-electron chi connectivity index (χ0n) is 12.5. The third-order valence-electron chi connectivity index (χ3n) is 3.41. The van der Waals surface area contributed by atoms with Gasteiger partial charge in [0.2, 0.25) is 0 Å². The van der Waals surface area contributed by atoms with E-state index in [-0.39, 0.29) is 6.04 Å². The van der Waals surface area contributed by atoms with E-state index < -0.39 is 0 Å². The molecule has 0 aliphatic rings. The Morgan fingerprint density at radius 3 is 2.50 bits per heavy atom. The minimum atomic E-state index is 0.276. The Hall–Kier alpha value is -1.26. The molecule has 0 radical (unpaired) electrons. The first-order valence-corrected chi connectivity index (χ1v) is 7.87. The lowest BCUT2D eigenvalue weighted by molar-refractivity contribution is 0.451. The maximum Gasteiger partial charge on any atom is 0.256 e.